The summed E-state index contributed by atoms with van der Waals surface area (Å²) in [6.07, 6.45) is 2.11. The van der Waals surface area contributed by atoms with E-state index in [9.17, 15) is 29.3 Å². The lowest BCUT2D eigenvalue weighted by molar-refractivity contribution is -0.385. The van der Waals surface area contributed by atoms with E-state index in [-0.39, 0.29) is 46.5 Å². The molecule has 5 rings (SSSR count). The van der Waals surface area contributed by atoms with Crippen LogP contribution in [-0.2, 0) is 19.1 Å². The molecule has 1 saturated carbocycles. The Bertz CT molecular complexity index is 1490. The van der Waals surface area contributed by atoms with E-state index in [0.717, 1.165) is 6.42 Å². The van der Waals surface area contributed by atoms with Gasteiger partial charge in [-0.1, -0.05) is 36.4 Å². The van der Waals surface area contributed by atoms with E-state index in [1.165, 1.54) is 52.9 Å². The van der Waals surface area contributed by atoms with E-state index in [1.807, 2.05) is 18.2 Å². The Morgan fingerprint density at radius 2 is 1.68 bits per heavy atom. The van der Waals surface area contributed by atoms with Gasteiger partial charge in [-0.2, -0.15) is 0 Å². The maximum absolute atomic E-state index is 13.3. The molecular formula is C30H27N3O7. The number of hydrogen-bond acceptors (Lipinski definition) is 7. The summed E-state index contributed by atoms with van der Waals surface area (Å²) in [6, 6.07) is 20.2. The molecule has 1 aliphatic heterocycles. The van der Waals surface area contributed by atoms with Crippen molar-refractivity contribution in [1.29, 1.82) is 0 Å². The van der Waals surface area contributed by atoms with Gasteiger partial charge in [-0.25, -0.2) is 4.79 Å². The number of nitrogens with zero attached hydrogens (tertiary/aromatic N) is 2. The number of hydrogen-bond donors (Lipinski definition) is 1. The fraction of sp³-hybridized carbons (Fsp3) is 0.267. The van der Waals surface area contributed by atoms with Crippen molar-refractivity contribution in [2.24, 2.45) is 11.8 Å². The molecule has 0 spiro atoms. The molecule has 40 heavy (non-hydrogen) atoms. The van der Waals surface area contributed by atoms with Crippen molar-refractivity contribution in [1.82, 2.24) is 0 Å². The summed E-state index contributed by atoms with van der Waals surface area (Å²) in [6.45, 7) is 0.984. The van der Waals surface area contributed by atoms with Gasteiger partial charge < -0.3 is 10.1 Å². The Morgan fingerprint density at radius 3 is 2.38 bits per heavy atom. The minimum absolute atomic E-state index is 0.139. The van der Waals surface area contributed by atoms with Gasteiger partial charge in [0.2, 0.25) is 11.8 Å². The summed E-state index contributed by atoms with van der Waals surface area (Å²) in [5.74, 6) is -2.35. The Labute approximate surface area is 230 Å². The Balaban J connectivity index is 1.19. The number of imide groups is 1. The molecule has 2 fully saturated rings. The number of anilines is 2. The van der Waals surface area contributed by atoms with Crippen LogP contribution in [0.3, 0.4) is 0 Å². The highest BCUT2D eigenvalue weighted by molar-refractivity contribution is 6.22. The number of carbonyl (C=O) groups is 4. The average Bonchev–Trinajstić information content (AvgIpc) is 3.22. The van der Waals surface area contributed by atoms with Crippen LogP contribution in [0, 0.1) is 28.9 Å². The van der Waals surface area contributed by atoms with Crippen LogP contribution in [0.25, 0.3) is 0 Å². The van der Waals surface area contributed by atoms with Gasteiger partial charge >= 0.3 is 5.97 Å². The number of ether oxygens (including phenoxy) is 1. The van der Waals surface area contributed by atoms with Crippen molar-refractivity contribution in [3.63, 3.8) is 0 Å². The van der Waals surface area contributed by atoms with Crippen molar-refractivity contribution < 1.29 is 28.8 Å². The van der Waals surface area contributed by atoms with Crippen LogP contribution in [0.5, 0.6) is 0 Å². The number of nitro groups is 1. The smallest absolute Gasteiger partial charge is 0.338 e. The summed E-state index contributed by atoms with van der Waals surface area (Å²) >= 11 is 0. The molecule has 0 unspecified atom stereocenters. The first kappa shape index (κ1) is 26.7. The lowest BCUT2D eigenvalue weighted by Crippen LogP contribution is -2.30. The molecule has 2 aliphatic rings. The van der Waals surface area contributed by atoms with Crippen LogP contribution >= 0.6 is 0 Å². The van der Waals surface area contributed by atoms with Crippen molar-refractivity contribution in [2.45, 2.75) is 32.1 Å². The number of esters is 1. The standard InChI is InChI=1S/C30H27N3O7/c1-18-7-11-22(16-26(18)33(38)39)31-27(34)17-40-30(37)20-8-12-23(13-9-20)32-28(35)24-14-10-21(15-25(24)29(32)36)19-5-3-2-4-6-19/h2-9,11-13,16,21,24-25H,10,14-15,17H2,1H3,(H,31,34)/t21-,24+,25-/m0/s1. The number of benzene rings is 3. The highest BCUT2D eigenvalue weighted by Gasteiger charge is 2.50. The zero-order valence-electron chi connectivity index (χ0n) is 21.7. The van der Waals surface area contributed by atoms with Crippen molar-refractivity contribution in [3.8, 4) is 0 Å². The fourth-order valence-electron chi connectivity index (χ4n) is 5.50. The minimum atomic E-state index is -0.768. The third-order valence-electron chi connectivity index (χ3n) is 7.58. The number of nitrogens with one attached hydrogen (secondary N) is 1. The normalized spacial score (nSPS) is 20.1. The van der Waals surface area contributed by atoms with E-state index >= 15 is 0 Å². The van der Waals surface area contributed by atoms with Gasteiger partial charge in [-0.15, -0.1) is 0 Å². The first-order chi connectivity index (χ1) is 19.2. The van der Waals surface area contributed by atoms with Crippen molar-refractivity contribution in [2.75, 3.05) is 16.8 Å². The second-order valence-corrected chi connectivity index (χ2v) is 10.1. The van der Waals surface area contributed by atoms with Crippen LogP contribution in [-0.4, -0.2) is 35.2 Å². The predicted molar refractivity (Wildman–Crippen MR) is 146 cm³/mol. The van der Waals surface area contributed by atoms with Gasteiger partial charge in [0.05, 0.1) is 28.0 Å². The molecular weight excluding hydrogens is 514 g/mol. The van der Waals surface area contributed by atoms with Gasteiger partial charge in [-0.05, 0) is 68.0 Å². The van der Waals surface area contributed by atoms with Crippen LogP contribution in [0.1, 0.15) is 46.7 Å². The summed E-state index contributed by atoms with van der Waals surface area (Å²) < 4.78 is 5.07. The van der Waals surface area contributed by atoms with E-state index in [2.05, 4.69) is 17.4 Å². The number of rotatable bonds is 7. The van der Waals surface area contributed by atoms with Crippen LogP contribution in [0.2, 0.25) is 0 Å². The first-order valence-corrected chi connectivity index (χ1v) is 13.0. The molecule has 0 radical (unpaired) electrons. The number of aryl methyl sites for hydroxylation is 1. The van der Waals surface area contributed by atoms with Gasteiger partial charge in [0.1, 0.15) is 0 Å². The van der Waals surface area contributed by atoms with Crippen LogP contribution in [0.15, 0.2) is 72.8 Å². The quantitative estimate of drug-likeness (QED) is 0.197. The summed E-state index contributed by atoms with van der Waals surface area (Å²) in [7, 11) is 0. The summed E-state index contributed by atoms with van der Waals surface area (Å²) in [5, 5.41) is 13.6. The monoisotopic (exact) mass is 541 g/mol. The molecule has 3 aromatic rings. The van der Waals surface area contributed by atoms with Gasteiger partial charge in [0, 0.05) is 17.3 Å². The zero-order valence-corrected chi connectivity index (χ0v) is 21.7. The molecule has 1 N–H and O–H groups in total. The van der Waals surface area contributed by atoms with Crippen LogP contribution in [0.4, 0.5) is 17.1 Å². The second-order valence-electron chi connectivity index (χ2n) is 10.1. The maximum Gasteiger partial charge on any atom is 0.338 e. The minimum Gasteiger partial charge on any atom is -0.452 e. The molecule has 0 bridgehead atoms. The lowest BCUT2D eigenvalue weighted by atomic mass is 9.73. The SMILES string of the molecule is Cc1ccc(NC(=O)COC(=O)c2ccc(N3C(=O)[C@H]4C[C@@H](c5ccccc5)CC[C@H]4C3=O)cc2)cc1[N+](=O)[O-]. The Morgan fingerprint density at radius 1 is 0.975 bits per heavy atom. The molecule has 10 nitrogen and oxygen atoms in total. The summed E-state index contributed by atoms with van der Waals surface area (Å²) in [4.78, 5) is 62.9. The van der Waals surface area contributed by atoms with Gasteiger partial charge in [0.15, 0.2) is 6.61 Å². The van der Waals surface area contributed by atoms with E-state index in [0.29, 0.717) is 24.1 Å². The number of amides is 3. The lowest BCUT2D eigenvalue weighted by Gasteiger charge is -2.28. The highest BCUT2D eigenvalue weighted by atomic mass is 16.6. The zero-order chi connectivity index (χ0) is 28.4. The maximum atomic E-state index is 13.3. The van der Waals surface area contributed by atoms with Crippen LogP contribution < -0.4 is 10.2 Å². The number of nitro benzene ring substituents is 1. The van der Waals surface area contributed by atoms with Gasteiger partial charge in [-0.3, -0.25) is 29.4 Å². The molecule has 3 aromatic carbocycles. The van der Waals surface area contributed by atoms with E-state index in [1.54, 1.807) is 6.92 Å². The highest BCUT2D eigenvalue weighted by Crippen LogP contribution is 2.45. The number of fused-ring (bicyclic) bond motifs is 1. The molecule has 1 saturated heterocycles. The van der Waals surface area contributed by atoms with E-state index in [4.69, 9.17) is 4.74 Å². The fourth-order valence-corrected chi connectivity index (χ4v) is 5.50. The molecule has 3 amide bonds. The first-order valence-electron chi connectivity index (χ1n) is 13.0. The molecule has 0 aromatic heterocycles. The van der Waals surface area contributed by atoms with Crippen molar-refractivity contribution >= 4 is 40.8 Å². The molecule has 204 valence electrons. The Kier molecular flexibility index (Phi) is 7.41. The summed E-state index contributed by atoms with van der Waals surface area (Å²) in [5.41, 5.74) is 2.22. The molecule has 1 heterocycles. The molecule has 10 heteroatoms. The Hall–Kier alpha value is -4.86. The van der Waals surface area contributed by atoms with Crippen molar-refractivity contribution in [3.05, 3.63) is 99.6 Å². The van der Waals surface area contributed by atoms with E-state index < -0.39 is 23.4 Å². The largest absolute Gasteiger partial charge is 0.452 e. The topological polar surface area (TPSA) is 136 Å². The molecule has 3 atom stereocenters. The average molecular weight is 542 g/mol. The third-order valence-corrected chi connectivity index (χ3v) is 7.58. The predicted octanol–water partition coefficient (Wildman–Crippen LogP) is 4.77. The number of carbonyl (C=O) groups excluding carboxylic acids is 4. The van der Waals surface area contributed by atoms with Gasteiger partial charge in [0.25, 0.3) is 11.6 Å². The third kappa shape index (κ3) is 5.33. The second kappa shape index (κ2) is 11.1. The molecule has 1 aliphatic carbocycles.